The van der Waals surface area contributed by atoms with E-state index in [0.29, 0.717) is 6.07 Å². The maximum atomic E-state index is 12.8. The number of benzene rings is 1. The maximum absolute atomic E-state index is 12.8. The van der Waals surface area contributed by atoms with E-state index in [0.717, 1.165) is 12.1 Å². The van der Waals surface area contributed by atoms with Crippen molar-refractivity contribution in [1.29, 1.82) is 0 Å². The van der Waals surface area contributed by atoms with Gasteiger partial charge in [-0.25, -0.2) is 8.42 Å². The standard InChI is InChI=1S/C13H15ClF3NO4S/c1-7(2)5-11(12(19)20)18-23(21,22)8-3-4-10(14)9(6-8)13(15,16)17/h3-4,6-7,11,18H,5H2,1-2H3,(H,19,20)/t11-/m1/s1. The first-order chi connectivity index (χ1) is 10.3. The van der Waals surface area contributed by atoms with Crippen molar-refractivity contribution in [1.82, 2.24) is 4.72 Å². The van der Waals surface area contributed by atoms with Crippen molar-refractivity contribution in [2.75, 3.05) is 0 Å². The van der Waals surface area contributed by atoms with Crippen LogP contribution in [0.25, 0.3) is 0 Å². The molecule has 0 fully saturated rings. The van der Waals surface area contributed by atoms with Crippen molar-refractivity contribution in [3.8, 4) is 0 Å². The number of carboxylic acids is 1. The fourth-order valence-corrected chi connectivity index (χ4v) is 3.27. The average molecular weight is 374 g/mol. The van der Waals surface area contributed by atoms with Crippen molar-refractivity contribution < 1.29 is 31.5 Å². The number of sulfonamides is 1. The number of alkyl halides is 3. The molecule has 0 aliphatic heterocycles. The van der Waals surface area contributed by atoms with E-state index in [1.54, 1.807) is 13.8 Å². The van der Waals surface area contributed by atoms with Gasteiger partial charge in [0, 0.05) is 0 Å². The highest BCUT2D eigenvalue weighted by Crippen LogP contribution is 2.35. The fourth-order valence-electron chi connectivity index (χ4n) is 1.81. The van der Waals surface area contributed by atoms with Gasteiger partial charge in [0.05, 0.1) is 15.5 Å². The third kappa shape index (κ3) is 5.36. The Kier molecular flexibility index (Phi) is 6.06. The number of halogens is 4. The van der Waals surface area contributed by atoms with Crippen molar-refractivity contribution in [3.05, 3.63) is 28.8 Å². The second kappa shape index (κ2) is 7.06. The molecule has 0 heterocycles. The zero-order valence-corrected chi connectivity index (χ0v) is 13.8. The van der Waals surface area contributed by atoms with Gasteiger partial charge in [0.15, 0.2) is 0 Å². The monoisotopic (exact) mass is 373 g/mol. The van der Waals surface area contributed by atoms with Crippen molar-refractivity contribution in [2.45, 2.75) is 37.4 Å². The molecule has 0 saturated heterocycles. The van der Waals surface area contributed by atoms with Gasteiger partial charge in [0.25, 0.3) is 0 Å². The maximum Gasteiger partial charge on any atom is 0.417 e. The van der Waals surface area contributed by atoms with Gasteiger partial charge < -0.3 is 5.11 Å². The predicted octanol–water partition coefficient (Wildman–Crippen LogP) is 3.14. The molecule has 1 aromatic carbocycles. The Balaban J connectivity index is 3.21. The van der Waals surface area contributed by atoms with Crippen LogP contribution >= 0.6 is 11.6 Å². The largest absolute Gasteiger partial charge is 0.480 e. The molecule has 0 bridgehead atoms. The van der Waals surface area contributed by atoms with E-state index in [9.17, 15) is 26.4 Å². The highest BCUT2D eigenvalue weighted by atomic mass is 35.5. The normalized spacial score (nSPS) is 14.0. The number of hydrogen-bond acceptors (Lipinski definition) is 3. The molecule has 10 heteroatoms. The van der Waals surface area contributed by atoms with E-state index in [4.69, 9.17) is 16.7 Å². The summed E-state index contributed by atoms with van der Waals surface area (Å²) in [5.41, 5.74) is -1.31. The molecule has 0 saturated carbocycles. The lowest BCUT2D eigenvalue weighted by Gasteiger charge is -2.17. The van der Waals surface area contributed by atoms with Crippen molar-refractivity contribution in [3.63, 3.8) is 0 Å². The quantitative estimate of drug-likeness (QED) is 0.802. The van der Waals surface area contributed by atoms with Gasteiger partial charge in [-0.1, -0.05) is 25.4 Å². The van der Waals surface area contributed by atoms with E-state index in [-0.39, 0.29) is 12.3 Å². The first-order valence-corrected chi connectivity index (χ1v) is 8.32. The van der Waals surface area contributed by atoms with Gasteiger partial charge in [0.1, 0.15) is 6.04 Å². The van der Waals surface area contributed by atoms with Crippen molar-refractivity contribution in [2.24, 2.45) is 5.92 Å². The van der Waals surface area contributed by atoms with Crippen LogP contribution in [0.1, 0.15) is 25.8 Å². The van der Waals surface area contributed by atoms with E-state index in [1.807, 2.05) is 4.72 Å². The molecule has 23 heavy (non-hydrogen) atoms. The molecular weight excluding hydrogens is 359 g/mol. The Morgan fingerprint density at radius 2 is 1.91 bits per heavy atom. The molecule has 1 aromatic rings. The lowest BCUT2D eigenvalue weighted by molar-refractivity contribution is -0.139. The summed E-state index contributed by atoms with van der Waals surface area (Å²) in [6, 6.07) is 0.620. The van der Waals surface area contributed by atoms with Gasteiger partial charge in [0.2, 0.25) is 10.0 Å². The smallest absolute Gasteiger partial charge is 0.417 e. The third-order valence-electron chi connectivity index (χ3n) is 2.86. The lowest BCUT2D eigenvalue weighted by Crippen LogP contribution is -2.41. The highest BCUT2D eigenvalue weighted by molar-refractivity contribution is 7.89. The van der Waals surface area contributed by atoms with Gasteiger partial charge in [-0.05, 0) is 30.5 Å². The summed E-state index contributed by atoms with van der Waals surface area (Å²) in [6.07, 6.45) is -4.83. The summed E-state index contributed by atoms with van der Waals surface area (Å²) >= 11 is 5.43. The lowest BCUT2D eigenvalue weighted by atomic mass is 10.1. The van der Waals surface area contributed by atoms with E-state index in [1.165, 1.54) is 0 Å². The predicted molar refractivity (Wildman–Crippen MR) is 77.7 cm³/mol. The molecule has 0 amide bonds. The molecule has 2 N–H and O–H groups in total. The van der Waals surface area contributed by atoms with Crippen LogP contribution in [0, 0.1) is 5.92 Å². The molecule has 0 aliphatic carbocycles. The number of carboxylic acid groups (broad SMARTS) is 1. The number of nitrogens with one attached hydrogen (secondary N) is 1. The minimum absolute atomic E-state index is 0.00567. The van der Waals surface area contributed by atoms with Gasteiger partial charge >= 0.3 is 12.1 Å². The summed E-state index contributed by atoms with van der Waals surface area (Å²) in [5, 5.41) is 8.39. The molecule has 0 unspecified atom stereocenters. The van der Waals surface area contributed by atoms with Crippen LogP contribution in [0.5, 0.6) is 0 Å². The van der Waals surface area contributed by atoms with Gasteiger partial charge in [-0.2, -0.15) is 17.9 Å². The molecule has 5 nitrogen and oxygen atoms in total. The van der Waals surface area contributed by atoms with Gasteiger partial charge in [-0.15, -0.1) is 0 Å². The molecule has 130 valence electrons. The Hall–Kier alpha value is -1.32. The van der Waals surface area contributed by atoms with E-state index < -0.39 is 43.7 Å². The molecule has 1 rings (SSSR count). The average Bonchev–Trinajstić information content (AvgIpc) is 2.35. The van der Waals surface area contributed by atoms with Crippen LogP contribution < -0.4 is 4.72 Å². The van der Waals surface area contributed by atoms with Crippen LogP contribution in [-0.2, 0) is 21.0 Å². The molecule has 0 radical (unpaired) electrons. The second-order valence-corrected chi connectivity index (χ2v) is 7.40. The fraction of sp³-hybridized carbons (Fsp3) is 0.462. The van der Waals surface area contributed by atoms with E-state index in [2.05, 4.69) is 0 Å². The zero-order valence-electron chi connectivity index (χ0n) is 12.2. The zero-order chi connectivity index (χ0) is 18.0. The highest BCUT2D eigenvalue weighted by Gasteiger charge is 2.35. The van der Waals surface area contributed by atoms with Crippen LogP contribution in [0.3, 0.4) is 0 Å². The first kappa shape index (κ1) is 19.7. The van der Waals surface area contributed by atoms with Crippen LogP contribution in [-0.4, -0.2) is 25.5 Å². The Morgan fingerprint density at radius 1 is 1.35 bits per heavy atom. The van der Waals surface area contributed by atoms with Crippen molar-refractivity contribution >= 4 is 27.6 Å². The van der Waals surface area contributed by atoms with Crippen LogP contribution in [0.4, 0.5) is 13.2 Å². The number of carbonyl (C=O) groups is 1. The molecular formula is C13H15ClF3NO4S. The summed E-state index contributed by atoms with van der Waals surface area (Å²) in [7, 11) is -4.44. The Labute approximate surface area is 136 Å². The third-order valence-corrected chi connectivity index (χ3v) is 4.66. The molecule has 0 aliphatic rings. The van der Waals surface area contributed by atoms with Gasteiger partial charge in [-0.3, -0.25) is 4.79 Å². The molecule has 0 aromatic heterocycles. The van der Waals surface area contributed by atoms with Crippen LogP contribution in [0.2, 0.25) is 5.02 Å². The topological polar surface area (TPSA) is 83.5 Å². The second-order valence-electron chi connectivity index (χ2n) is 5.28. The SMILES string of the molecule is CC(C)C[C@@H](NS(=O)(=O)c1ccc(Cl)c(C(F)(F)F)c1)C(=O)O. The minimum atomic E-state index is -4.83. The first-order valence-electron chi connectivity index (χ1n) is 6.46. The molecule has 1 atom stereocenters. The Bertz CT molecular complexity index is 689. The minimum Gasteiger partial charge on any atom is -0.480 e. The number of rotatable bonds is 6. The summed E-state index contributed by atoms with van der Waals surface area (Å²) in [6.45, 7) is 3.38. The summed E-state index contributed by atoms with van der Waals surface area (Å²) in [5.74, 6) is -1.54. The number of hydrogen-bond donors (Lipinski definition) is 2. The number of aliphatic carboxylic acids is 1. The van der Waals surface area contributed by atoms with E-state index >= 15 is 0 Å². The summed E-state index contributed by atoms with van der Waals surface area (Å²) < 4.78 is 64.5. The molecule has 0 spiro atoms. The Morgan fingerprint density at radius 3 is 2.35 bits per heavy atom. The van der Waals surface area contributed by atoms with Crippen LogP contribution in [0.15, 0.2) is 23.1 Å². The summed E-state index contributed by atoms with van der Waals surface area (Å²) in [4.78, 5) is 10.4.